The highest BCUT2D eigenvalue weighted by molar-refractivity contribution is 5.80. The minimum absolute atomic E-state index is 0.107. The first-order valence-corrected chi connectivity index (χ1v) is 9.34. The molecular formula is C21H25F3N4O2. The van der Waals surface area contributed by atoms with Gasteiger partial charge in [0.1, 0.15) is 11.6 Å². The molecule has 0 aliphatic carbocycles. The van der Waals surface area contributed by atoms with Crippen molar-refractivity contribution in [1.82, 2.24) is 15.5 Å². The zero-order valence-electron chi connectivity index (χ0n) is 16.9. The molecule has 0 bridgehead atoms. The number of halogens is 3. The second kappa shape index (κ2) is 11.7. The van der Waals surface area contributed by atoms with Gasteiger partial charge in [0.15, 0.2) is 5.96 Å². The fourth-order valence-corrected chi connectivity index (χ4v) is 2.74. The second-order valence-corrected chi connectivity index (χ2v) is 6.51. The van der Waals surface area contributed by atoms with Crippen molar-refractivity contribution in [3.05, 3.63) is 65.5 Å². The summed E-state index contributed by atoms with van der Waals surface area (Å²) in [5.41, 5.74) is 1.64. The Morgan fingerprint density at radius 1 is 1.03 bits per heavy atom. The van der Waals surface area contributed by atoms with E-state index in [-0.39, 0.29) is 23.9 Å². The van der Waals surface area contributed by atoms with E-state index in [1.54, 1.807) is 31.3 Å². The Labute approximate surface area is 173 Å². The number of hydrogen-bond donors (Lipinski definition) is 2. The molecule has 0 saturated heterocycles. The molecule has 0 atom stereocenters. The lowest BCUT2D eigenvalue weighted by atomic mass is 10.1. The predicted octanol–water partition coefficient (Wildman–Crippen LogP) is 2.79. The van der Waals surface area contributed by atoms with Crippen molar-refractivity contribution in [2.75, 3.05) is 27.2 Å². The average molecular weight is 422 g/mol. The first-order valence-electron chi connectivity index (χ1n) is 9.34. The zero-order valence-corrected chi connectivity index (χ0v) is 16.9. The van der Waals surface area contributed by atoms with Gasteiger partial charge in [-0.2, -0.15) is 8.78 Å². The van der Waals surface area contributed by atoms with Crippen LogP contribution in [0, 0.1) is 5.82 Å². The van der Waals surface area contributed by atoms with Crippen LogP contribution in [0.4, 0.5) is 13.2 Å². The van der Waals surface area contributed by atoms with Crippen LogP contribution in [0.5, 0.6) is 5.75 Å². The molecule has 0 aliphatic heterocycles. The van der Waals surface area contributed by atoms with Gasteiger partial charge in [0.2, 0.25) is 5.91 Å². The summed E-state index contributed by atoms with van der Waals surface area (Å²) in [4.78, 5) is 18.0. The molecule has 162 valence electrons. The van der Waals surface area contributed by atoms with Crippen molar-refractivity contribution < 1.29 is 22.7 Å². The Kier molecular flexibility index (Phi) is 8.99. The molecule has 0 heterocycles. The molecule has 2 N–H and O–H groups in total. The van der Waals surface area contributed by atoms with E-state index in [9.17, 15) is 18.0 Å². The van der Waals surface area contributed by atoms with E-state index in [1.807, 2.05) is 11.9 Å². The highest BCUT2D eigenvalue weighted by Gasteiger charge is 2.09. The van der Waals surface area contributed by atoms with E-state index in [4.69, 9.17) is 0 Å². The molecular weight excluding hydrogens is 397 g/mol. The van der Waals surface area contributed by atoms with Crippen LogP contribution >= 0.6 is 0 Å². The van der Waals surface area contributed by atoms with Crippen molar-refractivity contribution in [3.8, 4) is 5.75 Å². The molecule has 30 heavy (non-hydrogen) atoms. The number of alkyl halides is 2. The summed E-state index contributed by atoms with van der Waals surface area (Å²) < 4.78 is 41.6. The summed E-state index contributed by atoms with van der Waals surface area (Å²) in [6.45, 7) is -1.48. The van der Waals surface area contributed by atoms with Gasteiger partial charge >= 0.3 is 6.61 Å². The largest absolute Gasteiger partial charge is 0.435 e. The van der Waals surface area contributed by atoms with Gasteiger partial charge in [0.05, 0.1) is 6.42 Å². The molecule has 0 aliphatic rings. The van der Waals surface area contributed by atoms with Crippen molar-refractivity contribution >= 4 is 11.9 Å². The Hall–Kier alpha value is -3.23. The van der Waals surface area contributed by atoms with Crippen LogP contribution < -0.4 is 15.4 Å². The first-order chi connectivity index (χ1) is 14.4. The fraction of sp³-hybridized carbons (Fsp3) is 0.333. The molecule has 0 unspecified atom stereocenters. The standard InChI is InChI=1S/C21H25F3N4O2/c1-25-21(28(2)14-16-5-9-18(10-6-16)30-20(23)24)27-12-11-26-19(29)13-15-3-7-17(22)8-4-15/h3-10,20H,11-14H2,1-2H3,(H,25,27)(H,26,29). The number of rotatable bonds is 9. The molecule has 2 rings (SSSR count). The van der Waals surface area contributed by atoms with Crippen molar-refractivity contribution in [3.63, 3.8) is 0 Å². The topological polar surface area (TPSA) is 66.0 Å². The summed E-state index contributed by atoms with van der Waals surface area (Å²) in [5.74, 6) is 0.236. The Morgan fingerprint density at radius 3 is 2.23 bits per heavy atom. The number of benzene rings is 2. The Bertz CT molecular complexity index is 827. The van der Waals surface area contributed by atoms with Crippen LogP contribution in [-0.4, -0.2) is 50.6 Å². The molecule has 6 nitrogen and oxygen atoms in total. The van der Waals surface area contributed by atoms with Crippen LogP contribution in [0.1, 0.15) is 11.1 Å². The number of guanidine groups is 1. The zero-order chi connectivity index (χ0) is 21.9. The fourth-order valence-electron chi connectivity index (χ4n) is 2.74. The van der Waals surface area contributed by atoms with Gasteiger partial charge < -0.3 is 20.3 Å². The summed E-state index contributed by atoms with van der Waals surface area (Å²) >= 11 is 0. The van der Waals surface area contributed by atoms with E-state index < -0.39 is 6.61 Å². The monoisotopic (exact) mass is 422 g/mol. The number of hydrogen-bond acceptors (Lipinski definition) is 3. The third-order valence-corrected chi connectivity index (χ3v) is 4.15. The third-order valence-electron chi connectivity index (χ3n) is 4.15. The molecule has 0 radical (unpaired) electrons. The lowest BCUT2D eigenvalue weighted by Crippen LogP contribution is -2.42. The molecule has 2 aromatic rings. The van der Waals surface area contributed by atoms with Crippen LogP contribution in [0.25, 0.3) is 0 Å². The smallest absolute Gasteiger partial charge is 0.387 e. The van der Waals surface area contributed by atoms with E-state index >= 15 is 0 Å². The Morgan fingerprint density at radius 2 is 1.63 bits per heavy atom. The summed E-state index contributed by atoms with van der Waals surface area (Å²) in [7, 11) is 3.48. The van der Waals surface area contributed by atoms with Crippen LogP contribution in [-0.2, 0) is 17.8 Å². The van der Waals surface area contributed by atoms with Gasteiger partial charge in [-0.3, -0.25) is 9.79 Å². The van der Waals surface area contributed by atoms with Crippen LogP contribution in [0.3, 0.4) is 0 Å². The molecule has 0 saturated carbocycles. The quantitative estimate of drug-likeness (QED) is 0.371. The number of carbonyl (C=O) groups is 1. The molecule has 0 fully saturated rings. The predicted molar refractivity (Wildman–Crippen MR) is 109 cm³/mol. The summed E-state index contributed by atoms with van der Waals surface area (Å²) in [5, 5.41) is 5.93. The van der Waals surface area contributed by atoms with Gasteiger partial charge in [-0.15, -0.1) is 0 Å². The van der Waals surface area contributed by atoms with Gasteiger partial charge in [0.25, 0.3) is 0 Å². The number of ether oxygens (including phenoxy) is 1. The second-order valence-electron chi connectivity index (χ2n) is 6.51. The van der Waals surface area contributed by atoms with Crippen molar-refractivity contribution in [2.45, 2.75) is 19.6 Å². The highest BCUT2D eigenvalue weighted by Crippen LogP contribution is 2.15. The normalized spacial score (nSPS) is 11.3. The number of amides is 1. The number of nitrogens with zero attached hydrogens (tertiary/aromatic N) is 2. The lowest BCUT2D eigenvalue weighted by molar-refractivity contribution is -0.120. The van der Waals surface area contributed by atoms with E-state index in [0.29, 0.717) is 25.6 Å². The van der Waals surface area contributed by atoms with Gasteiger partial charge in [0, 0.05) is 33.7 Å². The van der Waals surface area contributed by atoms with E-state index in [0.717, 1.165) is 11.1 Å². The third kappa shape index (κ3) is 8.02. The number of carbonyl (C=O) groups excluding carboxylic acids is 1. The van der Waals surface area contributed by atoms with Gasteiger partial charge in [-0.1, -0.05) is 24.3 Å². The molecule has 2 aromatic carbocycles. The number of aliphatic imine (C=N–C) groups is 1. The van der Waals surface area contributed by atoms with Crippen molar-refractivity contribution in [1.29, 1.82) is 0 Å². The number of nitrogens with one attached hydrogen (secondary N) is 2. The van der Waals surface area contributed by atoms with Crippen LogP contribution in [0.2, 0.25) is 0 Å². The highest BCUT2D eigenvalue weighted by atomic mass is 19.3. The van der Waals surface area contributed by atoms with Crippen molar-refractivity contribution in [2.24, 2.45) is 4.99 Å². The maximum atomic E-state index is 12.9. The summed E-state index contributed by atoms with van der Waals surface area (Å²) in [6, 6.07) is 12.2. The molecule has 0 aromatic heterocycles. The molecule has 0 spiro atoms. The minimum Gasteiger partial charge on any atom is -0.435 e. The summed E-state index contributed by atoms with van der Waals surface area (Å²) in [6.07, 6.45) is 0.181. The minimum atomic E-state index is -2.85. The van der Waals surface area contributed by atoms with Gasteiger partial charge in [-0.25, -0.2) is 4.39 Å². The lowest BCUT2D eigenvalue weighted by Gasteiger charge is -2.22. The maximum absolute atomic E-state index is 12.9. The van der Waals surface area contributed by atoms with E-state index in [2.05, 4.69) is 20.4 Å². The molecule has 1 amide bonds. The average Bonchev–Trinajstić information content (AvgIpc) is 2.71. The van der Waals surface area contributed by atoms with Gasteiger partial charge in [-0.05, 0) is 35.4 Å². The first kappa shape index (κ1) is 23.1. The van der Waals surface area contributed by atoms with Crippen LogP contribution in [0.15, 0.2) is 53.5 Å². The Balaban J connectivity index is 1.72. The SMILES string of the molecule is CN=C(NCCNC(=O)Cc1ccc(F)cc1)N(C)Cc1ccc(OC(F)F)cc1. The maximum Gasteiger partial charge on any atom is 0.387 e. The van der Waals surface area contributed by atoms with E-state index in [1.165, 1.54) is 24.3 Å². The molecule has 9 heteroatoms.